The fourth-order valence-corrected chi connectivity index (χ4v) is 1.08. The maximum Gasteiger partial charge on any atom is 0.0251 e. The Morgan fingerprint density at radius 2 is 2.31 bits per heavy atom. The van der Waals surface area contributed by atoms with E-state index in [2.05, 4.69) is 31.0 Å². The third kappa shape index (κ3) is 3.40. The van der Waals surface area contributed by atoms with Crippen molar-refractivity contribution >= 4 is 18.7 Å². The summed E-state index contributed by atoms with van der Waals surface area (Å²) in [5.41, 5.74) is 2.15. The molecule has 0 saturated carbocycles. The molecule has 0 bridgehead atoms. The van der Waals surface area contributed by atoms with E-state index in [-0.39, 0.29) is 0 Å². The van der Waals surface area contributed by atoms with Crippen molar-refractivity contribution in [3.8, 4) is 11.8 Å². The first-order valence-electron chi connectivity index (χ1n) is 4.19. The highest BCUT2D eigenvalue weighted by Crippen LogP contribution is 2.04. The molecule has 0 aliphatic rings. The topological polar surface area (TPSA) is 0 Å². The van der Waals surface area contributed by atoms with Crippen LogP contribution in [0.3, 0.4) is 0 Å². The normalized spacial score (nSPS) is 8.69. The van der Waals surface area contributed by atoms with Gasteiger partial charge in [0.05, 0.1) is 0 Å². The molecule has 0 spiro atoms. The van der Waals surface area contributed by atoms with Crippen LogP contribution in [0.4, 0.5) is 0 Å². The van der Waals surface area contributed by atoms with Gasteiger partial charge in [-0.1, -0.05) is 36.6 Å². The van der Waals surface area contributed by atoms with E-state index in [1.54, 1.807) is 0 Å². The number of rotatable bonds is 2. The third-order valence-corrected chi connectivity index (χ3v) is 1.82. The predicted octanol–water partition coefficient (Wildman–Crippen LogP) is 3.00. The molecule has 1 rings (SSSR count). The van der Waals surface area contributed by atoms with Gasteiger partial charge >= 0.3 is 0 Å². The highest BCUT2D eigenvalue weighted by molar-refractivity contribution is 7.80. The first-order valence-corrected chi connectivity index (χ1v) is 4.82. The molecule has 0 aliphatic heterocycles. The van der Waals surface area contributed by atoms with Crippen LogP contribution in [0, 0.1) is 11.8 Å². The molecule has 0 unspecified atom stereocenters. The van der Waals surface area contributed by atoms with Crippen LogP contribution in [0.25, 0.3) is 6.08 Å². The Morgan fingerprint density at radius 3 is 3.00 bits per heavy atom. The van der Waals surface area contributed by atoms with Crippen LogP contribution in [0.2, 0.25) is 0 Å². The van der Waals surface area contributed by atoms with Gasteiger partial charge in [-0.15, -0.1) is 0 Å². The minimum atomic E-state index is 0.814. The molecule has 1 heteroatoms. The van der Waals surface area contributed by atoms with Crippen LogP contribution < -0.4 is 0 Å². The zero-order chi connectivity index (χ0) is 9.52. The first kappa shape index (κ1) is 9.95. The summed E-state index contributed by atoms with van der Waals surface area (Å²) in [5, 5.41) is 0. The summed E-state index contributed by atoms with van der Waals surface area (Å²) in [4.78, 5) is 0. The molecule has 0 atom stereocenters. The fraction of sp³-hybridized carbons (Fsp3) is 0.167. The van der Waals surface area contributed by atoms with E-state index in [0.717, 1.165) is 23.3 Å². The molecule has 0 aliphatic carbocycles. The van der Waals surface area contributed by atoms with Crippen LogP contribution in [0.5, 0.6) is 0 Å². The summed E-state index contributed by atoms with van der Waals surface area (Å²) in [5.74, 6) is 6.93. The van der Waals surface area contributed by atoms with E-state index in [9.17, 15) is 0 Å². The molecule has 0 amide bonds. The van der Waals surface area contributed by atoms with Gasteiger partial charge in [0.1, 0.15) is 0 Å². The fourth-order valence-electron chi connectivity index (χ4n) is 0.964. The summed E-state index contributed by atoms with van der Waals surface area (Å²) in [6.45, 7) is 3.71. The second-order valence-corrected chi connectivity index (χ2v) is 3.05. The molecule has 0 fully saturated rings. The molecule has 1 aromatic rings. The number of hydrogen-bond donors (Lipinski definition) is 1. The van der Waals surface area contributed by atoms with Crippen molar-refractivity contribution in [2.24, 2.45) is 0 Å². The Labute approximate surface area is 85.1 Å². The van der Waals surface area contributed by atoms with Crippen molar-refractivity contribution in [1.82, 2.24) is 0 Å². The zero-order valence-corrected chi connectivity index (χ0v) is 8.35. The van der Waals surface area contributed by atoms with Gasteiger partial charge in [-0.2, -0.15) is 12.6 Å². The van der Waals surface area contributed by atoms with Gasteiger partial charge < -0.3 is 0 Å². The van der Waals surface area contributed by atoms with Gasteiger partial charge in [-0.3, -0.25) is 0 Å². The van der Waals surface area contributed by atoms with E-state index in [0.29, 0.717) is 0 Å². The van der Waals surface area contributed by atoms with Crippen molar-refractivity contribution < 1.29 is 0 Å². The summed E-state index contributed by atoms with van der Waals surface area (Å²) in [6.07, 6.45) is 2.66. The van der Waals surface area contributed by atoms with Gasteiger partial charge in [0.25, 0.3) is 0 Å². The average Bonchev–Trinajstić information content (AvgIpc) is 2.19. The number of benzene rings is 1. The second kappa shape index (κ2) is 5.50. The van der Waals surface area contributed by atoms with Crippen molar-refractivity contribution in [2.75, 3.05) is 5.75 Å². The van der Waals surface area contributed by atoms with Gasteiger partial charge in [0, 0.05) is 17.7 Å². The highest BCUT2D eigenvalue weighted by atomic mass is 32.1. The van der Waals surface area contributed by atoms with Gasteiger partial charge in [0.2, 0.25) is 0 Å². The minimum Gasteiger partial charge on any atom is -0.178 e. The standard InChI is InChI=1S/C12H12S/c1-2-11-7-5-8-12(10-11)6-3-4-9-13/h2,5,7-8,10,13H,1,4,9H2. The zero-order valence-electron chi connectivity index (χ0n) is 7.46. The lowest BCUT2D eigenvalue weighted by Gasteiger charge is -1.92. The Kier molecular flexibility index (Phi) is 4.21. The number of thiol groups is 1. The molecular weight excluding hydrogens is 176 g/mol. The number of hydrogen-bond acceptors (Lipinski definition) is 1. The van der Waals surface area contributed by atoms with E-state index >= 15 is 0 Å². The molecule has 0 heterocycles. The van der Waals surface area contributed by atoms with E-state index in [4.69, 9.17) is 0 Å². The van der Waals surface area contributed by atoms with Crippen LogP contribution in [0.15, 0.2) is 30.8 Å². The van der Waals surface area contributed by atoms with Gasteiger partial charge in [0.15, 0.2) is 0 Å². The second-order valence-electron chi connectivity index (χ2n) is 2.60. The Hall–Kier alpha value is -1.13. The van der Waals surface area contributed by atoms with E-state index < -0.39 is 0 Å². The lowest BCUT2D eigenvalue weighted by atomic mass is 10.1. The summed E-state index contributed by atoms with van der Waals surface area (Å²) in [7, 11) is 0. The van der Waals surface area contributed by atoms with E-state index in [1.807, 2.05) is 30.3 Å². The average molecular weight is 188 g/mol. The molecule has 1 aromatic carbocycles. The predicted molar refractivity (Wildman–Crippen MR) is 61.9 cm³/mol. The summed E-state index contributed by atoms with van der Waals surface area (Å²) in [6, 6.07) is 8.02. The smallest absolute Gasteiger partial charge is 0.0251 e. The van der Waals surface area contributed by atoms with Crippen LogP contribution in [-0.2, 0) is 0 Å². The maximum absolute atomic E-state index is 4.09. The van der Waals surface area contributed by atoms with Gasteiger partial charge in [-0.25, -0.2) is 0 Å². The third-order valence-electron chi connectivity index (χ3n) is 1.59. The first-order chi connectivity index (χ1) is 6.36. The molecular formula is C12H12S. The Bertz CT molecular complexity index is 342. The molecule has 0 radical (unpaired) electrons. The monoisotopic (exact) mass is 188 g/mol. The molecule has 13 heavy (non-hydrogen) atoms. The Morgan fingerprint density at radius 1 is 1.46 bits per heavy atom. The molecule has 0 aromatic heterocycles. The molecule has 0 N–H and O–H groups in total. The lowest BCUT2D eigenvalue weighted by Crippen LogP contribution is -1.76. The van der Waals surface area contributed by atoms with Crippen molar-refractivity contribution in [2.45, 2.75) is 6.42 Å². The SMILES string of the molecule is C=Cc1cccc(C#CCCS)c1. The summed E-state index contributed by atoms with van der Waals surface area (Å²) >= 11 is 4.09. The van der Waals surface area contributed by atoms with Crippen molar-refractivity contribution in [3.63, 3.8) is 0 Å². The van der Waals surface area contributed by atoms with Crippen LogP contribution >= 0.6 is 12.6 Å². The maximum atomic E-state index is 4.09. The molecule has 66 valence electrons. The Balaban J connectivity index is 2.79. The van der Waals surface area contributed by atoms with Crippen molar-refractivity contribution in [3.05, 3.63) is 42.0 Å². The van der Waals surface area contributed by atoms with E-state index in [1.165, 1.54) is 0 Å². The molecule has 0 saturated heterocycles. The molecule has 0 nitrogen and oxygen atoms in total. The largest absolute Gasteiger partial charge is 0.178 e. The highest BCUT2D eigenvalue weighted by Gasteiger charge is 1.87. The quantitative estimate of drug-likeness (QED) is 0.535. The van der Waals surface area contributed by atoms with Crippen molar-refractivity contribution in [1.29, 1.82) is 0 Å². The van der Waals surface area contributed by atoms with Crippen LogP contribution in [0.1, 0.15) is 17.5 Å². The summed E-state index contributed by atoms with van der Waals surface area (Å²) < 4.78 is 0. The minimum absolute atomic E-state index is 0.814. The lowest BCUT2D eigenvalue weighted by molar-refractivity contribution is 1.31. The van der Waals surface area contributed by atoms with Gasteiger partial charge in [-0.05, 0) is 17.7 Å². The van der Waals surface area contributed by atoms with Crippen LogP contribution in [-0.4, -0.2) is 5.75 Å².